The molecule has 0 aliphatic carbocycles. The van der Waals surface area contributed by atoms with Crippen LogP contribution >= 0.6 is 0 Å². The first kappa shape index (κ1) is 27.3. The minimum atomic E-state index is -3.85. The van der Waals surface area contributed by atoms with E-state index in [0.717, 1.165) is 40.2 Å². The lowest BCUT2D eigenvalue weighted by molar-refractivity contribution is -0.140. The van der Waals surface area contributed by atoms with Crippen LogP contribution in [0.3, 0.4) is 0 Å². The fourth-order valence-electron chi connectivity index (χ4n) is 3.55. The number of sulfonamides is 1. The van der Waals surface area contributed by atoms with Crippen LogP contribution in [0.15, 0.2) is 48.5 Å². The van der Waals surface area contributed by atoms with Gasteiger partial charge in [-0.15, -0.1) is 0 Å². The smallest absolute Gasteiger partial charge is 0.244 e. The first-order valence-electron chi connectivity index (χ1n) is 11.4. The number of benzene rings is 2. The number of hydrogen-bond donors (Lipinski definition) is 1. The van der Waals surface area contributed by atoms with Crippen LogP contribution in [-0.4, -0.2) is 50.0 Å². The summed E-state index contributed by atoms with van der Waals surface area (Å²) in [5.74, 6) is -1.33. The molecule has 9 heteroatoms. The van der Waals surface area contributed by atoms with E-state index in [-0.39, 0.29) is 24.2 Å². The summed E-state index contributed by atoms with van der Waals surface area (Å²) in [5.41, 5.74) is 1.99. The maximum Gasteiger partial charge on any atom is 0.244 e. The molecular weight excluding hydrogens is 457 g/mol. The van der Waals surface area contributed by atoms with Gasteiger partial charge in [-0.25, -0.2) is 12.8 Å². The number of nitrogens with one attached hydrogen (secondary N) is 1. The van der Waals surface area contributed by atoms with Gasteiger partial charge in [0.15, 0.2) is 0 Å². The van der Waals surface area contributed by atoms with Crippen molar-refractivity contribution < 1.29 is 22.4 Å². The number of halogens is 1. The molecule has 7 nitrogen and oxygen atoms in total. The maximum atomic E-state index is 13.6. The Balaban J connectivity index is 2.44. The van der Waals surface area contributed by atoms with Gasteiger partial charge >= 0.3 is 0 Å². The lowest BCUT2D eigenvalue weighted by Crippen LogP contribution is -2.53. The zero-order valence-electron chi connectivity index (χ0n) is 20.4. The van der Waals surface area contributed by atoms with Gasteiger partial charge in [-0.3, -0.25) is 13.9 Å². The first-order valence-corrected chi connectivity index (χ1v) is 13.2. The highest BCUT2D eigenvalue weighted by Gasteiger charge is 2.32. The predicted octanol–water partition coefficient (Wildman–Crippen LogP) is 3.62. The fourth-order valence-corrected chi connectivity index (χ4v) is 4.40. The summed E-state index contributed by atoms with van der Waals surface area (Å²) in [5, 5.41) is 2.93. The zero-order chi connectivity index (χ0) is 25.5. The average molecular weight is 492 g/mol. The molecule has 1 N–H and O–H groups in total. The summed E-state index contributed by atoms with van der Waals surface area (Å²) >= 11 is 0. The largest absolute Gasteiger partial charge is 0.352 e. The Hall–Kier alpha value is -2.94. The van der Waals surface area contributed by atoms with E-state index in [0.29, 0.717) is 6.42 Å². The number of hydrogen-bond acceptors (Lipinski definition) is 4. The molecule has 0 radical (unpaired) electrons. The number of aryl methyl sites for hydroxylation is 1. The molecule has 0 unspecified atom stereocenters. The van der Waals surface area contributed by atoms with E-state index in [1.165, 1.54) is 17.0 Å². The quantitative estimate of drug-likeness (QED) is 0.520. The number of carbonyl (C=O) groups excluding carboxylic acids is 2. The van der Waals surface area contributed by atoms with Gasteiger partial charge < -0.3 is 10.2 Å². The van der Waals surface area contributed by atoms with Gasteiger partial charge in [-0.2, -0.15) is 0 Å². The van der Waals surface area contributed by atoms with E-state index in [2.05, 4.69) is 5.32 Å². The molecule has 2 aromatic rings. The molecule has 0 aliphatic rings. The second-order valence-corrected chi connectivity index (χ2v) is 10.3. The van der Waals surface area contributed by atoms with Crippen LogP contribution in [0.1, 0.15) is 44.7 Å². The van der Waals surface area contributed by atoms with Crippen molar-refractivity contribution >= 4 is 27.5 Å². The van der Waals surface area contributed by atoms with Gasteiger partial charge in [0.1, 0.15) is 18.4 Å². The van der Waals surface area contributed by atoms with Crippen molar-refractivity contribution in [3.8, 4) is 0 Å². The first-order chi connectivity index (χ1) is 16.0. The van der Waals surface area contributed by atoms with Crippen LogP contribution in [0.25, 0.3) is 0 Å². The number of amides is 2. The van der Waals surface area contributed by atoms with E-state index >= 15 is 0 Å². The number of carbonyl (C=O) groups is 2. The topological polar surface area (TPSA) is 86.8 Å². The molecule has 0 saturated carbocycles. The van der Waals surface area contributed by atoms with Crippen molar-refractivity contribution in [3.63, 3.8) is 0 Å². The highest BCUT2D eigenvalue weighted by Crippen LogP contribution is 2.21. The predicted molar refractivity (Wildman–Crippen MR) is 132 cm³/mol. The lowest BCUT2D eigenvalue weighted by Gasteiger charge is -2.33. The highest BCUT2D eigenvalue weighted by molar-refractivity contribution is 7.92. The van der Waals surface area contributed by atoms with Crippen molar-refractivity contribution in [1.82, 2.24) is 10.2 Å². The number of anilines is 1. The molecule has 0 spiro atoms. The molecule has 0 heterocycles. The van der Waals surface area contributed by atoms with E-state index < -0.39 is 34.3 Å². The van der Waals surface area contributed by atoms with E-state index in [1.807, 2.05) is 52.0 Å². The molecule has 0 aliphatic heterocycles. The van der Waals surface area contributed by atoms with Crippen LogP contribution in [0.2, 0.25) is 0 Å². The molecular formula is C25H34FN3O4S. The molecule has 2 amide bonds. The summed E-state index contributed by atoms with van der Waals surface area (Å²) in [6.45, 7) is 7.21. The molecule has 186 valence electrons. The minimum absolute atomic E-state index is 0.0660. The summed E-state index contributed by atoms with van der Waals surface area (Å²) in [6.07, 6.45) is 2.08. The van der Waals surface area contributed by atoms with Crippen molar-refractivity contribution in [1.29, 1.82) is 0 Å². The van der Waals surface area contributed by atoms with Gasteiger partial charge in [0, 0.05) is 12.6 Å². The third kappa shape index (κ3) is 7.28. The second-order valence-electron chi connectivity index (χ2n) is 8.44. The standard InChI is InChI=1S/C25H34FN3O4S/c1-6-19(4)27-25(31)23(7-2)28(16-20-11-9-8-10-18(20)3)24(30)17-29(34(5,32)33)22-14-12-21(26)13-15-22/h8-15,19,23H,6-7,16-17H2,1-5H3,(H,27,31)/t19-,23+/m0/s1. The van der Waals surface area contributed by atoms with Crippen LogP contribution in [-0.2, 0) is 26.2 Å². The van der Waals surface area contributed by atoms with Crippen molar-refractivity contribution in [3.05, 3.63) is 65.5 Å². The highest BCUT2D eigenvalue weighted by atomic mass is 32.2. The third-order valence-electron chi connectivity index (χ3n) is 5.78. The Morgan fingerprint density at radius 1 is 1.03 bits per heavy atom. The molecule has 2 aromatic carbocycles. The van der Waals surface area contributed by atoms with E-state index in [9.17, 15) is 22.4 Å². The minimum Gasteiger partial charge on any atom is -0.352 e. The summed E-state index contributed by atoms with van der Waals surface area (Å²) < 4.78 is 39.4. The van der Waals surface area contributed by atoms with Gasteiger partial charge in [-0.1, -0.05) is 38.1 Å². The molecule has 2 rings (SSSR count). The van der Waals surface area contributed by atoms with Gasteiger partial charge in [-0.05, 0) is 62.1 Å². The summed E-state index contributed by atoms with van der Waals surface area (Å²) in [7, 11) is -3.85. The Bertz CT molecular complexity index is 1090. The van der Waals surface area contributed by atoms with Crippen LogP contribution < -0.4 is 9.62 Å². The molecule has 0 fully saturated rings. The Kier molecular flexibility index (Phi) is 9.61. The number of rotatable bonds is 11. The number of nitrogens with zero attached hydrogens (tertiary/aromatic N) is 2. The molecule has 0 bridgehead atoms. The molecule has 0 aromatic heterocycles. The van der Waals surface area contributed by atoms with Crippen molar-refractivity contribution in [2.24, 2.45) is 0 Å². The summed E-state index contributed by atoms with van der Waals surface area (Å²) in [6, 6.07) is 11.6. The second kappa shape index (κ2) is 12.0. The van der Waals surface area contributed by atoms with E-state index in [1.54, 1.807) is 0 Å². The lowest BCUT2D eigenvalue weighted by atomic mass is 10.1. The normalized spacial score (nSPS) is 13.1. The van der Waals surface area contributed by atoms with Crippen LogP contribution in [0.5, 0.6) is 0 Å². The average Bonchev–Trinajstić information content (AvgIpc) is 2.78. The maximum absolute atomic E-state index is 13.6. The fraction of sp³-hybridized carbons (Fsp3) is 0.440. The van der Waals surface area contributed by atoms with Gasteiger partial charge in [0.2, 0.25) is 21.8 Å². The van der Waals surface area contributed by atoms with Gasteiger partial charge in [0.25, 0.3) is 0 Å². The monoisotopic (exact) mass is 491 g/mol. The SMILES string of the molecule is CC[C@H](C(=O)N[C@@H](C)CC)N(Cc1ccccc1C)C(=O)CN(c1ccc(F)cc1)S(C)(=O)=O. The van der Waals surface area contributed by atoms with E-state index in [4.69, 9.17) is 0 Å². The Labute approximate surface area is 202 Å². The summed E-state index contributed by atoms with van der Waals surface area (Å²) in [4.78, 5) is 28.1. The van der Waals surface area contributed by atoms with Crippen LogP contribution in [0, 0.1) is 12.7 Å². The van der Waals surface area contributed by atoms with Crippen molar-refractivity contribution in [2.75, 3.05) is 17.1 Å². The Morgan fingerprint density at radius 2 is 1.65 bits per heavy atom. The Morgan fingerprint density at radius 3 is 2.18 bits per heavy atom. The molecule has 0 saturated heterocycles. The molecule has 2 atom stereocenters. The third-order valence-corrected chi connectivity index (χ3v) is 6.92. The van der Waals surface area contributed by atoms with Gasteiger partial charge in [0.05, 0.1) is 11.9 Å². The van der Waals surface area contributed by atoms with Crippen LogP contribution in [0.4, 0.5) is 10.1 Å². The molecule has 34 heavy (non-hydrogen) atoms. The van der Waals surface area contributed by atoms with Crippen molar-refractivity contribution in [2.45, 2.75) is 59.2 Å². The zero-order valence-corrected chi connectivity index (χ0v) is 21.2.